The zero-order chi connectivity index (χ0) is 18.2. The number of nitrogens with two attached hydrogens (primary N) is 2. The maximum atomic E-state index is 12.9. The van der Waals surface area contributed by atoms with Gasteiger partial charge in [0, 0.05) is 6.42 Å². The van der Waals surface area contributed by atoms with Gasteiger partial charge >= 0.3 is 6.18 Å². The number of benzene rings is 2. The average molecular weight is 348 g/mol. The average Bonchev–Trinajstić information content (AvgIpc) is 2.98. The summed E-state index contributed by atoms with van der Waals surface area (Å²) in [4.78, 5) is 19.2. The molecule has 0 radical (unpaired) electrons. The quantitative estimate of drug-likeness (QED) is 0.675. The Bertz CT molecular complexity index is 902. The van der Waals surface area contributed by atoms with Crippen molar-refractivity contribution in [2.75, 3.05) is 0 Å². The molecule has 1 atom stereocenters. The van der Waals surface area contributed by atoms with Crippen LogP contribution in [0.5, 0.6) is 0 Å². The second kappa shape index (κ2) is 5.89. The van der Waals surface area contributed by atoms with E-state index in [0.717, 1.165) is 12.1 Å². The molecular formula is C17H15F3N4O. The Morgan fingerprint density at radius 2 is 1.84 bits per heavy atom. The molecule has 1 heterocycles. The predicted octanol–water partition coefficient (Wildman–Crippen LogP) is 2.46. The Morgan fingerprint density at radius 3 is 2.48 bits per heavy atom. The normalized spacial score (nSPS) is 14.4. The van der Waals surface area contributed by atoms with Gasteiger partial charge in [0.25, 0.3) is 0 Å². The van der Waals surface area contributed by atoms with Crippen LogP contribution in [0.25, 0.3) is 11.0 Å². The minimum atomic E-state index is -4.49. The van der Waals surface area contributed by atoms with Crippen molar-refractivity contribution in [3.63, 3.8) is 0 Å². The molecule has 5 N–H and O–H groups in total. The lowest BCUT2D eigenvalue weighted by Crippen LogP contribution is -2.51. The molecule has 0 aliphatic rings. The smallest absolute Gasteiger partial charge is 0.368 e. The second-order valence-corrected chi connectivity index (χ2v) is 5.81. The van der Waals surface area contributed by atoms with Crippen LogP contribution in [0.15, 0.2) is 48.5 Å². The first-order valence-electron chi connectivity index (χ1n) is 7.40. The fourth-order valence-electron chi connectivity index (χ4n) is 2.63. The summed E-state index contributed by atoms with van der Waals surface area (Å²) in [7, 11) is 0. The number of nitrogens with one attached hydrogen (secondary N) is 1. The number of rotatable bonds is 4. The first kappa shape index (κ1) is 17.0. The molecule has 0 spiro atoms. The molecule has 3 rings (SSSR count). The number of carbonyl (C=O) groups excluding carboxylic acids is 1. The number of H-pyrrole nitrogens is 1. The summed E-state index contributed by atoms with van der Waals surface area (Å²) in [5, 5.41) is 0. The van der Waals surface area contributed by atoms with E-state index in [1.165, 1.54) is 12.1 Å². The third-order valence-corrected chi connectivity index (χ3v) is 3.99. The van der Waals surface area contributed by atoms with Crippen molar-refractivity contribution in [3.8, 4) is 0 Å². The molecule has 8 heteroatoms. The highest BCUT2D eigenvalue weighted by molar-refractivity contribution is 5.87. The highest BCUT2D eigenvalue weighted by Crippen LogP contribution is 2.31. The molecule has 130 valence electrons. The molecule has 3 aromatic rings. The van der Waals surface area contributed by atoms with Crippen molar-refractivity contribution in [2.24, 2.45) is 11.5 Å². The van der Waals surface area contributed by atoms with Crippen LogP contribution in [-0.4, -0.2) is 15.9 Å². The molecular weight excluding hydrogens is 333 g/mol. The third kappa shape index (κ3) is 3.20. The predicted molar refractivity (Wildman–Crippen MR) is 86.3 cm³/mol. The van der Waals surface area contributed by atoms with Gasteiger partial charge in [-0.1, -0.05) is 30.3 Å². The Labute approximate surface area is 140 Å². The summed E-state index contributed by atoms with van der Waals surface area (Å²) >= 11 is 0. The minimum Gasteiger partial charge on any atom is -0.368 e. The highest BCUT2D eigenvalue weighted by Gasteiger charge is 2.38. The highest BCUT2D eigenvalue weighted by atomic mass is 19.4. The molecule has 25 heavy (non-hydrogen) atoms. The van der Waals surface area contributed by atoms with Gasteiger partial charge in [-0.2, -0.15) is 13.2 Å². The zero-order valence-corrected chi connectivity index (χ0v) is 13.0. The summed E-state index contributed by atoms with van der Waals surface area (Å²) in [6, 6.07) is 11.6. The maximum Gasteiger partial charge on any atom is 0.416 e. The molecule has 5 nitrogen and oxygen atoms in total. The van der Waals surface area contributed by atoms with Crippen LogP contribution >= 0.6 is 0 Å². The number of para-hydroxylation sites is 2. The van der Waals surface area contributed by atoms with Crippen LogP contribution < -0.4 is 11.5 Å². The fourth-order valence-corrected chi connectivity index (χ4v) is 2.63. The van der Waals surface area contributed by atoms with Crippen LogP contribution in [0, 0.1) is 0 Å². The van der Waals surface area contributed by atoms with Crippen LogP contribution in [0.4, 0.5) is 13.2 Å². The van der Waals surface area contributed by atoms with E-state index >= 15 is 0 Å². The van der Waals surface area contributed by atoms with Gasteiger partial charge in [0.2, 0.25) is 5.91 Å². The Kier molecular flexibility index (Phi) is 4.00. The van der Waals surface area contributed by atoms with Crippen molar-refractivity contribution in [1.29, 1.82) is 0 Å². The number of hydrogen-bond donors (Lipinski definition) is 3. The number of aromatic nitrogens is 2. The number of halogens is 3. The number of imidazole rings is 1. The molecule has 0 saturated carbocycles. The summed E-state index contributed by atoms with van der Waals surface area (Å²) in [6.07, 6.45) is -4.70. The topological polar surface area (TPSA) is 97.8 Å². The van der Waals surface area contributed by atoms with Gasteiger partial charge in [0.1, 0.15) is 5.82 Å². The number of nitrogens with zero attached hydrogens (tertiary/aromatic N) is 1. The molecule has 1 unspecified atom stereocenters. The first-order valence-corrected chi connectivity index (χ1v) is 7.40. The summed E-state index contributed by atoms with van der Waals surface area (Å²) in [5.41, 5.74) is 10.5. The number of carbonyl (C=O) groups is 1. The number of aromatic amines is 1. The Balaban J connectivity index is 2.02. The first-order chi connectivity index (χ1) is 11.7. The van der Waals surface area contributed by atoms with Gasteiger partial charge in [-0.05, 0) is 23.8 Å². The number of alkyl halides is 3. The van der Waals surface area contributed by atoms with E-state index < -0.39 is 23.2 Å². The Morgan fingerprint density at radius 1 is 1.12 bits per heavy atom. The summed E-state index contributed by atoms with van der Waals surface area (Å²) in [5.74, 6) is -0.775. The Hall–Kier alpha value is -2.87. The van der Waals surface area contributed by atoms with Crippen molar-refractivity contribution in [1.82, 2.24) is 9.97 Å². The van der Waals surface area contributed by atoms with Crippen molar-refractivity contribution in [3.05, 3.63) is 65.5 Å². The monoisotopic (exact) mass is 348 g/mol. The largest absolute Gasteiger partial charge is 0.416 e. The van der Waals surface area contributed by atoms with E-state index in [1.54, 1.807) is 24.3 Å². The molecule has 2 aromatic carbocycles. The van der Waals surface area contributed by atoms with E-state index in [0.29, 0.717) is 11.0 Å². The third-order valence-electron chi connectivity index (χ3n) is 3.99. The fraction of sp³-hybridized carbons (Fsp3) is 0.176. The number of primary amides is 1. The van der Waals surface area contributed by atoms with Crippen LogP contribution in [-0.2, 0) is 22.9 Å². The van der Waals surface area contributed by atoms with Gasteiger partial charge in [0.15, 0.2) is 5.54 Å². The molecule has 0 bridgehead atoms. The SMILES string of the molecule is NC(=O)C(N)(Cc1cccc(C(F)(F)F)c1)c1nc2ccccc2[nH]1. The maximum absolute atomic E-state index is 12.9. The molecule has 0 fully saturated rings. The van der Waals surface area contributed by atoms with E-state index in [1.807, 2.05) is 0 Å². The van der Waals surface area contributed by atoms with Gasteiger partial charge in [-0.15, -0.1) is 0 Å². The zero-order valence-electron chi connectivity index (χ0n) is 13.0. The number of amides is 1. The number of fused-ring (bicyclic) bond motifs is 1. The van der Waals surface area contributed by atoms with E-state index in [9.17, 15) is 18.0 Å². The molecule has 0 aliphatic heterocycles. The van der Waals surface area contributed by atoms with Gasteiger partial charge in [0.05, 0.1) is 16.6 Å². The molecule has 0 saturated heterocycles. The van der Waals surface area contributed by atoms with Gasteiger partial charge in [-0.25, -0.2) is 4.98 Å². The molecule has 1 amide bonds. The summed E-state index contributed by atoms with van der Waals surface area (Å²) < 4.78 is 38.6. The standard InChI is InChI=1S/C17H15F3N4O/c18-17(19,20)11-5-3-4-10(8-11)9-16(22,14(21)25)15-23-12-6-1-2-7-13(12)24-15/h1-8H,9,22H2,(H2,21,25)(H,23,24). The lowest BCUT2D eigenvalue weighted by molar-refractivity contribution is -0.137. The van der Waals surface area contributed by atoms with Crippen LogP contribution in [0.1, 0.15) is 17.0 Å². The van der Waals surface area contributed by atoms with E-state index in [2.05, 4.69) is 9.97 Å². The van der Waals surface area contributed by atoms with Crippen LogP contribution in [0.3, 0.4) is 0 Å². The van der Waals surface area contributed by atoms with Crippen LogP contribution in [0.2, 0.25) is 0 Å². The molecule has 0 aliphatic carbocycles. The van der Waals surface area contributed by atoms with E-state index in [-0.39, 0.29) is 17.8 Å². The summed E-state index contributed by atoms with van der Waals surface area (Å²) in [6.45, 7) is 0. The lowest BCUT2D eigenvalue weighted by atomic mass is 9.89. The van der Waals surface area contributed by atoms with Crippen molar-refractivity contribution >= 4 is 16.9 Å². The molecule has 1 aromatic heterocycles. The van der Waals surface area contributed by atoms with Crippen molar-refractivity contribution < 1.29 is 18.0 Å². The van der Waals surface area contributed by atoms with Crippen molar-refractivity contribution in [2.45, 2.75) is 18.1 Å². The second-order valence-electron chi connectivity index (χ2n) is 5.81. The van der Waals surface area contributed by atoms with Gasteiger partial charge in [-0.3, -0.25) is 4.79 Å². The van der Waals surface area contributed by atoms with Gasteiger partial charge < -0.3 is 16.5 Å². The number of hydrogen-bond acceptors (Lipinski definition) is 3. The van der Waals surface area contributed by atoms with E-state index in [4.69, 9.17) is 11.5 Å². The minimum absolute atomic E-state index is 0.110. The lowest BCUT2D eigenvalue weighted by Gasteiger charge is -2.24.